The first-order chi connectivity index (χ1) is 8.49. The third kappa shape index (κ3) is 2.66. The zero-order valence-electron chi connectivity index (χ0n) is 8.88. The van der Waals surface area contributed by atoms with Gasteiger partial charge in [-0.05, 0) is 36.4 Å². The molecule has 0 radical (unpaired) electrons. The zero-order chi connectivity index (χ0) is 13.3. The second kappa shape index (κ2) is 5.27. The molecule has 92 valence electrons. The van der Waals surface area contributed by atoms with Crippen molar-refractivity contribution in [3.8, 4) is 0 Å². The van der Waals surface area contributed by atoms with E-state index in [1.807, 2.05) is 0 Å². The zero-order valence-corrected chi connectivity index (χ0v) is 11.2. The molecule has 0 aromatic heterocycles. The van der Waals surface area contributed by atoms with Gasteiger partial charge >= 0.3 is 0 Å². The Labute approximate surface area is 118 Å². The van der Waals surface area contributed by atoms with Crippen molar-refractivity contribution in [2.75, 3.05) is 0 Å². The molecular weight excluding hydrogens is 297 g/mol. The summed E-state index contributed by atoms with van der Waals surface area (Å²) in [5.41, 5.74) is 0.395. The number of ketones is 1. The third-order valence-corrected chi connectivity index (χ3v) is 3.23. The van der Waals surface area contributed by atoms with Gasteiger partial charge in [-0.2, -0.15) is 0 Å². The molecule has 0 heterocycles. The predicted octanol–water partition coefficient (Wildman–Crippen LogP) is 5.02. The Bertz CT molecular complexity index is 626. The highest BCUT2D eigenvalue weighted by Crippen LogP contribution is 2.24. The van der Waals surface area contributed by atoms with Crippen molar-refractivity contribution < 1.29 is 9.18 Å². The van der Waals surface area contributed by atoms with E-state index in [2.05, 4.69) is 0 Å². The molecular formula is C13H6Cl3FO. The summed E-state index contributed by atoms with van der Waals surface area (Å²) in [7, 11) is 0. The monoisotopic (exact) mass is 302 g/mol. The summed E-state index contributed by atoms with van der Waals surface area (Å²) in [5.74, 6) is -1.06. The van der Waals surface area contributed by atoms with Gasteiger partial charge in [0.1, 0.15) is 5.82 Å². The van der Waals surface area contributed by atoms with Crippen LogP contribution in [0, 0.1) is 5.82 Å². The fourth-order valence-electron chi connectivity index (χ4n) is 1.46. The Morgan fingerprint density at radius 2 is 1.61 bits per heavy atom. The first-order valence-corrected chi connectivity index (χ1v) is 6.07. The van der Waals surface area contributed by atoms with Crippen LogP contribution in [0.1, 0.15) is 15.9 Å². The van der Waals surface area contributed by atoms with E-state index in [1.165, 1.54) is 24.3 Å². The largest absolute Gasteiger partial charge is 0.289 e. The van der Waals surface area contributed by atoms with Gasteiger partial charge in [-0.1, -0.05) is 34.8 Å². The lowest BCUT2D eigenvalue weighted by atomic mass is 10.0. The van der Waals surface area contributed by atoms with E-state index < -0.39 is 11.6 Å². The van der Waals surface area contributed by atoms with Crippen molar-refractivity contribution in [2.24, 2.45) is 0 Å². The van der Waals surface area contributed by atoms with Gasteiger partial charge in [0.15, 0.2) is 5.78 Å². The van der Waals surface area contributed by atoms with Crippen molar-refractivity contribution in [1.82, 2.24) is 0 Å². The van der Waals surface area contributed by atoms with Crippen molar-refractivity contribution in [3.05, 3.63) is 68.4 Å². The third-order valence-electron chi connectivity index (χ3n) is 2.35. The summed E-state index contributed by atoms with van der Waals surface area (Å²) >= 11 is 17.3. The van der Waals surface area contributed by atoms with Crippen LogP contribution in [0.4, 0.5) is 4.39 Å². The molecule has 0 aliphatic carbocycles. The Hall–Kier alpha value is -1.09. The minimum Gasteiger partial charge on any atom is -0.289 e. The Morgan fingerprint density at radius 1 is 0.944 bits per heavy atom. The Balaban J connectivity index is 2.47. The Kier molecular flexibility index (Phi) is 3.91. The van der Waals surface area contributed by atoms with Crippen LogP contribution in [-0.2, 0) is 0 Å². The molecule has 5 heteroatoms. The standard InChI is InChI=1S/C13H6Cl3FO/c14-8-2-4-10(15)9(6-8)13(18)7-1-3-11(16)12(17)5-7/h1-6H. The molecule has 2 aromatic carbocycles. The number of hydrogen-bond donors (Lipinski definition) is 0. The second-order valence-electron chi connectivity index (χ2n) is 3.58. The van der Waals surface area contributed by atoms with Crippen molar-refractivity contribution in [2.45, 2.75) is 0 Å². The van der Waals surface area contributed by atoms with Gasteiger partial charge in [-0.25, -0.2) is 4.39 Å². The number of benzene rings is 2. The molecule has 0 bridgehead atoms. The molecule has 0 N–H and O–H groups in total. The molecule has 0 saturated carbocycles. The maximum absolute atomic E-state index is 13.3. The minimum absolute atomic E-state index is 0.0382. The van der Waals surface area contributed by atoms with Gasteiger partial charge < -0.3 is 0 Å². The molecule has 0 aliphatic heterocycles. The number of carbonyl (C=O) groups is 1. The molecule has 18 heavy (non-hydrogen) atoms. The molecule has 2 rings (SSSR count). The first kappa shape index (κ1) is 13.3. The molecule has 0 aliphatic rings. The van der Waals surface area contributed by atoms with E-state index in [1.54, 1.807) is 6.07 Å². The summed E-state index contributed by atoms with van der Waals surface area (Å²) < 4.78 is 13.3. The maximum Gasteiger partial charge on any atom is 0.194 e. The average Bonchev–Trinajstić information content (AvgIpc) is 2.35. The summed E-state index contributed by atoms with van der Waals surface area (Å²) in [5, 5.41) is 0.612. The van der Waals surface area contributed by atoms with Crippen LogP contribution in [-0.4, -0.2) is 5.78 Å². The number of carbonyl (C=O) groups excluding carboxylic acids is 1. The van der Waals surface area contributed by atoms with Crippen LogP contribution in [0.3, 0.4) is 0 Å². The van der Waals surface area contributed by atoms with E-state index in [-0.39, 0.29) is 21.2 Å². The molecule has 0 atom stereocenters. The summed E-state index contributed by atoms with van der Waals surface area (Å²) in [6.45, 7) is 0. The highest BCUT2D eigenvalue weighted by Gasteiger charge is 2.15. The van der Waals surface area contributed by atoms with Gasteiger partial charge in [0.05, 0.1) is 10.0 Å². The molecule has 2 aromatic rings. The molecule has 0 spiro atoms. The fourth-order valence-corrected chi connectivity index (χ4v) is 1.96. The number of halogens is 4. The molecule has 1 nitrogen and oxygen atoms in total. The summed E-state index contributed by atoms with van der Waals surface area (Å²) in [6, 6.07) is 8.36. The molecule has 0 unspecified atom stereocenters. The molecule has 0 fully saturated rings. The molecule has 0 amide bonds. The predicted molar refractivity (Wildman–Crippen MR) is 71.3 cm³/mol. The van der Waals surface area contributed by atoms with Crippen LogP contribution in [0.15, 0.2) is 36.4 Å². The SMILES string of the molecule is O=C(c1ccc(Cl)c(F)c1)c1cc(Cl)ccc1Cl. The van der Waals surface area contributed by atoms with Crippen molar-refractivity contribution >= 4 is 40.6 Å². The van der Waals surface area contributed by atoms with Crippen LogP contribution < -0.4 is 0 Å². The summed E-state index contributed by atoms with van der Waals surface area (Å²) in [4.78, 5) is 12.1. The lowest BCUT2D eigenvalue weighted by molar-refractivity contribution is 0.103. The Morgan fingerprint density at radius 3 is 2.28 bits per heavy atom. The topological polar surface area (TPSA) is 17.1 Å². The normalized spacial score (nSPS) is 10.4. The highest BCUT2D eigenvalue weighted by atomic mass is 35.5. The van der Waals surface area contributed by atoms with Gasteiger partial charge in [0.2, 0.25) is 0 Å². The van der Waals surface area contributed by atoms with Gasteiger partial charge in [-0.15, -0.1) is 0 Å². The van der Waals surface area contributed by atoms with Crippen LogP contribution in [0.25, 0.3) is 0 Å². The lowest BCUT2D eigenvalue weighted by Gasteiger charge is -2.05. The fraction of sp³-hybridized carbons (Fsp3) is 0. The van der Waals surface area contributed by atoms with Gasteiger partial charge in [0.25, 0.3) is 0 Å². The quantitative estimate of drug-likeness (QED) is 0.712. The van der Waals surface area contributed by atoms with E-state index in [0.29, 0.717) is 5.02 Å². The van der Waals surface area contributed by atoms with E-state index in [0.717, 1.165) is 6.07 Å². The number of rotatable bonds is 2. The van der Waals surface area contributed by atoms with E-state index in [9.17, 15) is 9.18 Å². The average molecular weight is 304 g/mol. The molecule has 0 saturated heterocycles. The van der Waals surface area contributed by atoms with Gasteiger partial charge in [0, 0.05) is 16.1 Å². The van der Waals surface area contributed by atoms with Gasteiger partial charge in [-0.3, -0.25) is 4.79 Å². The lowest BCUT2D eigenvalue weighted by Crippen LogP contribution is -2.02. The number of hydrogen-bond acceptors (Lipinski definition) is 1. The summed E-state index contributed by atoms with van der Waals surface area (Å²) in [6.07, 6.45) is 0. The van der Waals surface area contributed by atoms with E-state index >= 15 is 0 Å². The van der Waals surface area contributed by atoms with Crippen molar-refractivity contribution in [1.29, 1.82) is 0 Å². The smallest absolute Gasteiger partial charge is 0.194 e. The van der Waals surface area contributed by atoms with Crippen LogP contribution >= 0.6 is 34.8 Å². The highest BCUT2D eigenvalue weighted by molar-refractivity contribution is 6.37. The van der Waals surface area contributed by atoms with Crippen LogP contribution in [0.2, 0.25) is 15.1 Å². The first-order valence-electron chi connectivity index (χ1n) is 4.94. The second-order valence-corrected chi connectivity index (χ2v) is 4.83. The maximum atomic E-state index is 13.3. The van der Waals surface area contributed by atoms with Crippen LogP contribution in [0.5, 0.6) is 0 Å². The van der Waals surface area contributed by atoms with Crippen molar-refractivity contribution in [3.63, 3.8) is 0 Å². The minimum atomic E-state index is -0.652. The van der Waals surface area contributed by atoms with E-state index in [4.69, 9.17) is 34.8 Å².